The van der Waals surface area contributed by atoms with Gasteiger partial charge in [-0.05, 0) is 38.1 Å². The number of phenols is 1. The zero-order valence-corrected chi connectivity index (χ0v) is 12.8. The number of carbonyl (C=O) groups excluding carboxylic acids is 1. The lowest BCUT2D eigenvalue weighted by molar-refractivity contribution is 0.0946. The molecule has 1 aromatic carbocycles. The summed E-state index contributed by atoms with van der Waals surface area (Å²) in [6.07, 6.45) is 5.15. The molecule has 0 spiro atoms. The first kappa shape index (κ1) is 15.6. The molecule has 0 unspecified atom stereocenters. The van der Waals surface area contributed by atoms with Gasteiger partial charge in [0.25, 0.3) is 5.91 Å². The summed E-state index contributed by atoms with van der Waals surface area (Å²) in [4.78, 5) is 14.3. The number of hydrogen-bond acceptors (Lipinski definition) is 4. The number of nitrogens with one attached hydrogen (secondary N) is 1. The SMILES string of the molecule is COc1ccc(C(=O)NCCN(C)C2CCCC2)cc1O. The van der Waals surface area contributed by atoms with Gasteiger partial charge in [-0.2, -0.15) is 0 Å². The molecule has 5 nitrogen and oxygen atoms in total. The Morgan fingerprint density at radius 2 is 2.14 bits per heavy atom. The molecule has 0 aromatic heterocycles. The predicted octanol–water partition coefficient (Wildman–Crippen LogP) is 2.00. The molecular weight excluding hydrogens is 268 g/mol. The van der Waals surface area contributed by atoms with Crippen molar-refractivity contribution in [1.29, 1.82) is 0 Å². The number of hydrogen-bond donors (Lipinski definition) is 2. The van der Waals surface area contributed by atoms with Gasteiger partial charge in [0.1, 0.15) is 0 Å². The first-order valence-electron chi connectivity index (χ1n) is 7.47. The van der Waals surface area contributed by atoms with E-state index in [-0.39, 0.29) is 11.7 Å². The smallest absolute Gasteiger partial charge is 0.251 e. The Morgan fingerprint density at radius 1 is 1.43 bits per heavy atom. The van der Waals surface area contributed by atoms with Gasteiger partial charge in [0.15, 0.2) is 11.5 Å². The van der Waals surface area contributed by atoms with Gasteiger partial charge in [-0.15, -0.1) is 0 Å². The molecule has 1 aliphatic rings. The van der Waals surface area contributed by atoms with Crippen molar-refractivity contribution >= 4 is 5.91 Å². The third-order valence-electron chi connectivity index (χ3n) is 4.14. The molecule has 0 atom stereocenters. The molecule has 0 radical (unpaired) electrons. The first-order valence-corrected chi connectivity index (χ1v) is 7.47. The van der Waals surface area contributed by atoms with Crippen LogP contribution in [0.4, 0.5) is 0 Å². The quantitative estimate of drug-likeness (QED) is 0.842. The largest absolute Gasteiger partial charge is 0.504 e. The van der Waals surface area contributed by atoms with Gasteiger partial charge in [-0.3, -0.25) is 4.79 Å². The third-order valence-corrected chi connectivity index (χ3v) is 4.14. The van der Waals surface area contributed by atoms with Crippen LogP contribution in [-0.4, -0.2) is 49.2 Å². The van der Waals surface area contributed by atoms with E-state index in [1.54, 1.807) is 12.1 Å². The number of phenolic OH excluding ortho intramolecular Hbond substituents is 1. The fraction of sp³-hybridized carbons (Fsp3) is 0.562. The minimum atomic E-state index is -0.173. The number of benzene rings is 1. The van der Waals surface area contributed by atoms with E-state index in [2.05, 4.69) is 17.3 Å². The van der Waals surface area contributed by atoms with Crippen LogP contribution in [0.1, 0.15) is 36.0 Å². The second kappa shape index (κ2) is 7.31. The molecule has 1 amide bonds. The lowest BCUT2D eigenvalue weighted by atomic mass is 10.2. The first-order chi connectivity index (χ1) is 10.1. The maximum atomic E-state index is 12.0. The van der Waals surface area contributed by atoms with Gasteiger partial charge >= 0.3 is 0 Å². The summed E-state index contributed by atoms with van der Waals surface area (Å²) >= 11 is 0. The molecule has 1 aliphatic carbocycles. The Hall–Kier alpha value is -1.75. The van der Waals surface area contributed by atoms with Crippen molar-refractivity contribution < 1.29 is 14.6 Å². The fourth-order valence-electron chi connectivity index (χ4n) is 2.81. The molecule has 0 aliphatic heterocycles. The van der Waals surface area contributed by atoms with E-state index in [4.69, 9.17) is 4.74 Å². The molecule has 116 valence electrons. The van der Waals surface area contributed by atoms with E-state index in [9.17, 15) is 9.90 Å². The number of likely N-dealkylation sites (N-methyl/N-ethyl adjacent to an activating group) is 1. The average Bonchev–Trinajstić information content (AvgIpc) is 3.01. The second-order valence-electron chi connectivity index (χ2n) is 5.56. The summed E-state index contributed by atoms with van der Waals surface area (Å²) in [5.74, 6) is 0.175. The Morgan fingerprint density at radius 3 is 2.76 bits per heavy atom. The minimum Gasteiger partial charge on any atom is -0.504 e. The maximum absolute atomic E-state index is 12.0. The Labute approximate surface area is 125 Å². The van der Waals surface area contributed by atoms with Gasteiger partial charge < -0.3 is 20.1 Å². The van der Waals surface area contributed by atoms with E-state index in [1.165, 1.54) is 38.9 Å². The van der Waals surface area contributed by atoms with Crippen LogP contribution in [0, 0.1) is 0 Å². The van der Waals surface area contributed by atoms with Crippen LogP contribution < -0.4 is 10.1 Å². The molecule has 2 rings (SSSR count). The van der Waals surface area contributed by atoms with Gasteiger partial charge in [-0.25, -0.2) is 0 Å². The minimum absolute atomic E-state index is 0.0202. The Kier molecular flexibility index (Phi) is 5.44. The fourth-order valence-corrected chi connectivity index (χ4v) is 2.81. The van der Waals surface area contributed by atoms with Crippen molar-refractivity contribution in [2.45, 2.75) is 31.7 Å². The Bertz CT molecular complexity index is 484. The number of aromatic hydroxyl groups is 1. The average molecular weight is 292 g/mol. The second-order valence-corrected chi connectivity index (χ2v) is 5.56. The van der Waals surface area contributed by atoms with Crippen LogP contribution in [-0.2, 0) is 0 Å². The van der Waals surface area contributed by atoms with E-state index < -0.39 is 0 Å². The van der Waals surface area contributed by atoms with Crippen LogP contribution >= 0.6 is 0 Å². The van der Waals surface area contributed by atoms with Crippen molar-refractivity contribution in [2.24, 2.45) is 0 Å². The molecule has 1 saturated carbocycles. The summed E-state index contributed by atoms with van der Waals surface area (Å²) in [5, 5.41) is 12.6. The van der Waals surface area contributed by atoms with Gasteiger partial charge in [0.2, 0.25) is 0 Å². The van der Waals surface area contributed by atoms with E-state index >= 15 is 0 Å². The van der Waals surface area contributed by atoms with Gasteiger partial charge in [0.05, 0.1) is 7.11 Å². The lowest BCUT2D eigenvalue weighted by Crippen LogP contribution is -2.37. The molecule has 1 aromatic rings. The number of methoxy groups -OCH3 is 1. The molecule has 0 bridgehead atoms. The van der Waals surface area contributed by atoms with Crippen molar-refractivity contribution in [3.8, 4) is 11.5 Å². The lowest BCUT2D eigenvalue weighted by Gasteiger charge is -2.23. The summed E-state index contributed by atoms with van der Waals surface area (Å²) in [7, 11) is 3.59. The van der Waals surface area contributed by atoms with E-state index in [1.807, 2.05) is 0 Å². The predicted molar refractivity (Wildman–Crippen MR) is 81.9 cm³/mol. The van der Waals surface area contributed by atoms with Crippen LogP contribution in [0.25, 0.3) is 0 Å². The normalized spacial score (nSPS) is 15.4. The molecule has 2 N–H and O–H groups in total. The van der Waals surface area contributed by atoms with Crippen LogP contribution in [0.3, 0.4) is 0 Å². The van der Waals surface area contributed by atoms with Crippen molar-refractivity contribution in [2.75, 3.05) is 27.2 Å². The molecule has 0 heterocycles. The highest BCUT2D eigenvalue weighted by molar-refractivity contribution is 5.94. The number of nitrogens with zero attached hydrogens (tertiary/aromatic N) is 1. The summed E-state index contributed by atoms with van der Waals surface area (Å²) < 4.78 is 4.96. The number of amides is 1. The van der Waals surface area contributed by atoms with E-state index in [0.717, 1.165) is 6.54 Å². The zero-order valence-electron chi connectivity index (χ0n) is 12.8. The molecule has 0 saturated heterocycles. The van der Waals surface area contributed by atoms with Crippen molar-refractivity contribution in [1.82, 2.24) is 10.2 Å². The van der Waals surface area contributed by atoms with Crippen molar-refractivity contribution in [3.05, 3.63) is 23.8 Å². The maximum Gasteiger partial charge on any atom is 0.251 e. The molecular formula is C16H24N2O3. The van der Waals surface area contributed by atoms with E-state index in [0.29, 0.717) is 23.9 Å². The highest BCUT2D eigenvalue weighted by Crippen LogP contribution is 2.26. The highest BCUT2D eigenvalue weighted by Gasteiger charge is 2.19. The molecule has 21 heavy (non-hydrogen) atoms. The van der Waals surface area contributed by atoms with Crippen molar-refractivity contribution in [3.63, 3.8) is 0 Å². The van der Waals surface area contributed by atoms with Gasteiger partial charge in [-0.1, -0.05) is 12.8 Å². The number of rotatable bonds is 6. The summed E-state index contributed by atoms with van der Waals surface area (Å²) in [6.45, 7) is 1.46. The number of carbonyl (C=O) groups is 1. The monoisotopic (exact) mass is 292 g/mol. The Balaban J connectivity index is 1.80. The topological polar surface area (TPSA) is 61.8 Å². The summed E-state index contributed by atoms with van der Waals surface area (Å²) in [5.41, 5.74) is 0.441. The van der Waals surface area contributed by atoms with Crippen LogP contribution in [0.5, 0.6) is 11.5 Å². The van der Waals surface area contributed by atoms with Crippen LogP contribution in [0.2, 0.25) is 0 Å². The standard InChI is InChI=1S/C16H24N2O3/c1-18(13-5-3-4-6-13)10-9-17-16(20)12-7-8-15(21-2)14(19)11-12/h7-8,11,13,19H,3-6,9-10H2,1-2H3,(H,17,20). The third kappa shape index (κ3) is 4.11. The summed E-state index contributed by atoms with van der Waals surface area (Å²) in [6, 6.07) is 5.32. The molecule has 1 fully saturated rings. The zero-order chi connectivity index (χ0) is 15.2. The van der Waals surface area contributed by atoms with Gasteiger partial charge in [0, 0.05) is 24.7 Å². The highest BCUT2D eigenvalue weighted by atomic mass is 16.5. The molecule has 5 heteroatoms. The van der Waals surface area contributed by atoms with Crippen LogP contribution in [0.15, 0.2) is 18.2 Å². The number of ether oxygens (including phenoxy) is 1.